The lowest BCUT2D eigenvalue weighted by Gasteiger charge is -2.08. The second-order valence-corrected chi connectivity index (χ2v) is 5.95. The summed E-state index contributed by atoms with van der Waals surface area (Å²) in [5.41, 5.74) is 4.43. The number of amides is 1. The highest BCUT2D eigenvalue weighted by Crippen LogP contribution is 2.23. The van der Waals surface area contributed by atoms with Crippen molar-refractivity contribution in [1.82, 2.24) is 5.16 Å². The van der Waals surface area contributed by atoms with Crippen molar-refractivity contribution in [2.24, 2.45) is 0 Å². The summed E-state index contributed by atoms with van der Waals surface area (Å²) in [5, 5.41) is 6.92. The number of hydrogen-bond acceptors (Lipinski definition) is 4. The predicted molar refractivity (Wildman–Crippen MR) is 96.7 cm³/mol. The molecule has 2 aromatic carbocycles. The molecule has 1 amide bonds. The van der Waals surface area contributed by atoms with Crippen LogP contribution in [0.5, 0.6) is 5.75 Å². The minimum atomic E-state index is -0.122. The first-order valence-electron chi connectivity index (χ1n) is 8.02. The Morgan fingerprint density at radius 3 is 2.60 bits per heavy atom. The summed E-state index contributed by atoms with van der Waals surface area (Å²) >= 11 is 0. The van der Waals surface area contributed by atoms with Crippen molar-refractivity contribution in [2.45, 2.75) is 20.3 Å². The lowest BCUT2D eigenvalue weighted by Crippen LogP contribution is -2.15. The molecule has 0 spiro atoms. The van der Waals surface area contributed by atoms with Crippen LogP contribution in [0, 0.1) is 13.8 Å². The molecule has 0 saturated heterocycles. The second-order valence-electron chi connectivity index (χ2n) is 5.95. The van der Waals surface area contributed by atoms with Gasteiger partial charge in [0, 0.05) is 17.3 Å². The van der Waals surface area contributed by atoms with Crippen molar-refractivity contribution in [2.75, 3.05) is 12.4 Å². The zero-order valence-corrected chi connectivity index (χ0v) is 14.5. The van der Waals surface area contributed by atoms with Gasteiger partial charge >= 0.3 is 0 Å². The standard InChI is InChI=1S/C20H20N2O3/c1-13-4-5-14(2)18(10-13)21-20(23)12-16-11-19(25-22-16)15-6-8-17(24-3)9-7-15/h4-11H,12H2,1-3H3,(H,21,23). The van der Waals surface area contributed by atoms with E-state index in [-0.39, 0.29) is 12.3 Å². The zero-order valence-electron chi connectivity index (χ0n) is 14.5. The van der Waals surface area contributed by atoms with Crippen LogP contribution >= 0.6 is 0 Å². The molecule has 128 valence electrons. The van der Waals surface area contributed by atoms with Crippen LogP contribution < -0.4 is 10.1 Å². The van der Waals surface area contributed by atoms with Gasteiger partial charge in [0.2, 0.25) is 5.91 Å². The molecule has 0 fully saturated rings. The largest absolute Gasteiger partial charge is 0.497 e. The van der Waals surface area contributed by atoms with Crippen LogP contribution in [0.15, 0.2) is 53.1 Å². The maximum absolute atomic E-state index is 12.3. The highest BCUT2D eigenvalue weighted by atomic mass is 16.5. The molecule has 5 nitrogen and oxygen atoms in total. The minimum absolute atomic E-state index is 0.122. The van der Waals surface area contributed by atoms with E-state index in [2.05, 4.69) is 10.5 Å². The average Bonchev–Trinajstić information content (AvgIpc) is 3.06. The maximum atomic E-state index is 12.3. The monoisotopic (exact) mass is 336 g/mol. The first kappa shape index (κ1) is 16.8. The van der Waals surface area contributed by atoms with Gasteiger partial charge in [0.1, 0.15) is 5.75 Å². The Kier molecular flexibility index (Phi) is 4.84. The molecule has 0 aliphatic heterocycles. The highest BCUT2D eigenvalue weighted by molar-refractivity contribution is 5.92. The van der Waals surface area contributed by atoms with Crippen molar-refractivity contribution in [3.8, 4) is 17.1 Å². The smallest absolute Gasteiger partial charge is 0.230 e. The SMILES string of the molecule is COc1ccc(-c2cc(CC(=O)Nc3cc(C)ccc3C)no2)cc1. The number of aryl methyl sites for hydroxylation is 2. The molecule has 1 N–H and O–H groups in total. The summed E-state index contributed by atoms with van der Waals surface area (Å²) in [6.45, 7) is 3.96. The lowest BCUT2D eigenvalue weighted by molar-refractivity contribution is -0.115. The summed E-state index contributed by atoms with van der Waals surface area (Å²) < 4.78 is 10.5. The number of aromatic nitrogens is 1. The van der Waals surface area contributed by atoms with Crippen LogP contribution in [0.25, 0.3) is 11.3 Å². The van der Waals surface area contributed by atoms with E-state index in [4.69, 9.17) is 9.26 Å². The van der Waals surface area contributed by atoms with Crippen LogP contribution in [-0.2, 0) is 11.2 Å². The van der Waals surface area contributed by atoms with E-state index in [1.54, 1.807) is 13.2 Å². The van der Waals surface area contributed by atoms with E-state index in [1.165, 1.54) is 0 Å². The molecule has 3 rings (SSSR count). The lowest BCUT2D eigenvalue weighted by atomic mass is 10.1. The van der Waals surface area contributed by atoms with Crippen molar-refractivity contribution in [3.05, 3.63) is 65.4 Å². The molecule has 0 bridgehead atoms. The Morgan fingerprint density at radius 1 is 1.12 bits per heavy atom. The Morgan fingerprint density at radius 2 is 1.88 bits per heavy atom. The van der Waals surface area contributed by atoms with Gasteiger partial charge in [0.25, 0.3) is 0 Å². The number of methoxy groups -OCH3 is 1. The number of hydrogen-bond donors (Lipinski definition) is 1. The molecular formula is C20H20N2O3. The number of ether oxygens (including phenoxy) is 1. The number of benzene rings is 2. The number of nitrogens with one attached hydrogen (secondary N) is 1. The normalized spacial score (nSPS) is 10.5. The first-order chi connectivity index (χ1) is 12.0. The highest BCUT2D eigenvalue weighted by Gasteiger charge is 2.12. The average molecular weight is 336 g/mol. The number of nitrogens with zero attached hydrogens (tertiary/aromatic N) is 1. The molecule has 0 unspecified atom stereocenters. The Labute approximate surface area is 146 Å². The zero-order chi connectivity index (χ0) is 17.8. The molecule has 0 saturated carbocycles. The summed E-state index contributed by atoms with van der Waals surface area (Å²) in [4.78, 5) is 12.3. The van der Waals surface area contributed by atoms with E-state index >= 15 is 0 Å². The van der Waals surface area contributed by atoms with E-state index in [9.17, 15) is 4.79 Å². The van der Waals surface area contributed by atoms with E-state index in [0.717, 1.165) is 28.1 Å². The predicted octanol–water partition coefficient (Wildman–Crippen LogP) is 4.15. The van der Waals surface area contributed by atoms with Gasteiger partial charge in [-0.3, -0.25) is 4.79 Å². The summed E-state index contributed by atoms with van der Waals surface area (Å²) in [5.74, 6) is 1.27. The second kappa shape index (κ2) is 7.21. The first-order valence-corrected chi connectivity index (χ1v) is 8.02. The van der Waals surface area contributed by atoms with Gasteiger partial charge in [0.05, 0.1) is 19.2 Å². The van der Waals surface area contributed by atoms with E-state index < -0.39 is 0 Å². The number of carbonyl (C=O) groups excluding carboxylic acids is 1. The minimum Gasteiger partial charge on any atom is -0.497 e. The van der Waals surface area contributed by atoms with Crippen LogP contribution in [0.3, 0.4) is 0 Å². The molecule has 0 aliphatic rings. The Bertz CT molecular complexity index is 882. The molecule has 5 heteroatoms. The molecule has 1 aromatic heterocycles. The summed E-state index contributed by atoms with van der Waals surface area (Å²) in [6, 6.07) is 15.2. The fourth-order valence-corrected chi connectivity index (χ4v) is 2.52. The van der Waals surface area contributed by atoms with Gasteiger partial charge in [-0.05, 0) is 55.3 Å². The van der Waals surface area contributed by atoms with Crippen LogP contribution in [0.1, 0.15) is 16.8 Å². The van der Waals surface area contributed by atoms with Gasteiger partial charge in [0.15, 0.2) is 5.76 Å². The molecule has 0 radical (unpaired) electrons. The third kappa shape index (κ3) is 4.07. The Hall–Kier alpha value is -3.08. The van der Waals surface area contributed by atoms with Crippen LogP contribution in [0.4, 0.5) is 5.69 Å². The third-order valence-electron chi connectivity index (χ3n) is 3.94. The molecule has 1 heterocycles. The van der Waals surface area contributed by atoms with Crippen LogP contribution in [0.2, 0.25) is 0 Å². The molecule has 3 aromatic rings. The fraction of sp³-hybridized carbons (Fsp3) is 0.200. The molecule has 0 atom stereocenters. The van der Waals surface area contributed by atoms with Gasteiger partial charge in [-0.1, -0.05) is 17.3 Å². The van der Waals surface area contributed by atoms with Gasteiger partial charge in [-0.25, -0.2) is 0 Å². The quantitative estimate of drug-likeness (QED) is 0.760. The number of rotatable bonds is 5. The maximum Gasteiger partial charge on any atom is 0.230 e. The number of anilines is 1. The topological polar surface area (TPSA) is 64.4 Å². The van der Waals surface area contributed by atoms with Crippen molar-refractivity contribution in [1.29, 1.82) is 0 Å². The van der Waals surface area contributed by atoms with Gasteiger partial charge in [-0.2, -0.15) is 0 Å². The van der Waals surface area contributed by atoms with Crippen LogP contribution in [-0.4, -0.2) is 18.2 Å². The van der Waals surface area contributed by atoms with Gasteiger partial charge < -0.3 is 14.6 Å². The fourth-order valence-electron chi connectivity index (χ4n) is 2.52. The van der Waals surface area contributed by atoms with Gasteiger partial charge in [-0.15, -0.1) is 0 Å². The number of carbonyl (C=O) groups is 1. The summed E-state index contributed by atoms with van der Waals surface area (Å²) in [7, 11) is 1.62. The van der Waals surface area contributed by atoms with E-state index in [1.807, 2.05) is 56.3 Å². The Balaban J connectivity index is 1.68. The third-order valence-corrected chi connectivity index (χ3v) is 3.94. The molecular weight excluding hydrogens is 316 g/mol. The van der Waals surface area contributed by atoms with Crippen molar-refractivity contribution in [3.63, 3.8) is 0 Å². The van der Waals surface area contributed by atoms with Crippen molar-refractivity contribution >= 4 is 11.6 Å². The summed E-state index contributed by atoms with van der Waals surface area (Å²) in [6.07, 6.45) is 0.160. The molecule has 25 heavy (non-hydrogen) atoms. The van der Waals surface area contributed by atoms with E-state index in [0.29, 0.717) is 11.5 Å². The van der Waals surface area contributed by atoms with Crippen molar-refractivity contribution < 1.29 is 14.1 Å². The molecule has 0 aliphatic carbocycles.